The Labute approximate surface area is 96.5 Å². The molecule has 0 fully saturated rings. The highest BCUT2D eigenvalue weighted by atomic mass is 79.9. The molecule has 0 radical (unpaired) electrons. The van der Waals surface area contributed by atoms with Crippen molar-refractivity contribution < 1.29 is 18.1 Å². The highest BCUT2D eigenvalue weighted by Crippen LogP contribution is 2.42. The molecule has 2 N–H and O–H groups in total. The zero-order valence-electron chi connectivity index (χ0n) is 7.71. The number of alkyl halides is 3. The molecule has 0 unspecified atom stereocenters. The Morgan fingerprint density at radius 3 is 2.38 bits per heavy atom. The number of hydrogen-bond donors (Lipinski definition) is 1. The van der Waals surface area contributed by atoms with Crippen molar-refractivity contribution in [2.45, 2.75) is 12.7 Å². The first-order chi connectivity index (χ1) is 7.29. The Balaban J connectivity index is 3.56. The van der Waals surface area contributed by atoms with E-state index >= 15 is 0 Å². The molecular weight excluding hydrogens is 293 g/mol. The van der Waals surface area contributed by atoms with E-state index in [2.05, 4.69) is 15.9 Å². The van der Waals surface area contributed by atoms with Crippen LogP contribution in [0, 0.1) is 10.1 Å². The minimum absolute atomic E-state index is 0.137. The fraction of sp³-hybridized carbons (Fsp3) is 0.250. The molecule has 0 spiro atoms. The van der Waals surface area contributed by atoms with Crippen LogP contribution in [0.4, 0.5) is 18.9 Å². The third kappa shape index (κ3) is 2.33. The molecule has 0 amide bonds. The molecule has 0 saturated carbocycles. The molecule has 0 atom stereocenters. The van der Waals surface area contributed by atoms with Crippen LogP contribution >= 0.6 is 15.9 Å². The lowest BCUT2D eigenvalue weighted by molar-refractivity contribution is -0.388. The molecule has 0 heterocycles. The second-order valence-corrected chi connectivity index (χ2v) is 3.68. The van der Waals surface area contributed by atoms with E-state index < -0.39 is 22.4 Å². The Kier molecular flexibility index (Phi) is 3.54. The van der Waals surface area contributed by atoms with Gasteiger partial charge in [-0.1, -0.05) is 0 Å². The lowest BCUT2D eigenvalue weighted by Crippen LogP contribution is -2.12. The van der Waals surface area contributed by atoms with Gasteiger partial charge in [0, 0.05) is 17.1 Å². The van der Waals surface area contributed by atoms with Crippen LogP contribution in [-0.4, -0.2) is 4.92 Å². The van der Waals surface area contributed by atoms with E-state index in [1.807, 2.05) is 0 Å². The highest BCUT2D eigenvalue weighted by molar-refractivity contribution is 9.10. The predicted molar refractivity (Wildman–Crippen MR) is 53.7 cm³/mol. The van der Waals surface area contributed by atoms with E-state index in [1.54, 1.807) is 0 Å². The summed E-state index contributed by atoms with van der Waals surface area (Å²) in [5.74, 6) is 0. The Hall–Kier alpha value is -1.15. The molecule has 1 aromatic rings. The van der Waals surface area contributed by atoms with Crippen LogP contribution < -0.4 is 5.73 Å². The SMILES string of the molecule is NCc1ccc([N+](=O)[O-])c(C(F)(F)F)c1Br. The molecule has 8 heteroatoms. The van der Waals surface area contributed by atoms with E-state index in [-0.39, 0.29) is 16.6 Å². The predicted octanol–water partition coefficient (Wildman–Crippen LogP) is 2.83. The normalized spacial score (nSPS) is 11.6. The molecule has 0 aliphatic heterocycles. The first-order valence-electron chi connectivity index (χ1n) is 4.02. The van der Waals surface area contributed by atoms with Gasteiger partial charge in [-0.2, -0.15) is 13.2 Å². The van der Waals surface area contributed by atoms with Crippen LogP contribution in [-0.2, 0) is 12.7 Å². The van der Waals surface area contributed by atoms with Gasteiger partial charge in [-0.15, -0.1) is 0 Å². The van der Waals surface area contributed by atoms with Crippen LogP contribution in [0.25, 0.3) is 0 Å². The number of benzene rings is 1. The Bertz CT molecular complexity index is 434. The molecule has 88 valence electrons. The van der Waals surface area contributed by atoms with Gasteiger partial charge in [0.1, 0.15) is 5.56 Å². The molecule has 0 aliphatic rings. The van der Waals surface area contributed by atoms with E-state index in [4.69, 9.17) is 5.73 Å². The van der Waals surface area contributed by atoms with Gasteiger partial charge in [-0.3, -0.25) is 10.1 Å². The standard InChI is InChI=1S/C8H6BrF3N2O2/c9-7-4(3-13)1-2-5(14(15)16)6(7)8(10,11)12/h1-2H,3,13H2. The van der Waals surface area contributed by atoms with E-state index in [1.165, 1.54) is 6.07 Å². The number of nitrogens with zero attached hydrogens (tertiary/aromatic N) is 1. The molecule has 1 aromatic carbocycles. The molecular formula is C8H6BrF3N2O2. The maximum Gasteiger partial charge on any atom is 0.424 e. The molecule has 0 saturated heterocycles. The number of hydrogen-bond acceptors (Lipinski definition) is 3. The number of rotatable bonds is 2. The first kappa shape index (κ1) is 12.9. The molecule has 0 bridgehead atoms. The number of nitrogens with two attached hydrogens (primary N) is 1. The second-order valence-electron chi connectivity index (χ2n) is 2.89. The Morgan fingerprint density at radius 2 is 2.00 bits per heavy atom. The average molecular weight is 299 g/mol. The maximum atomic E-state index is 12.6. The summed E-state index contributed by atoms with van der Waals surface area (Å²) in [5.41, 5.74) is 3.09. The van der Waals surface area contributed by atoms with E-state index in [0.717, 1.165) is 6.07 Å². The lowest BCUT2D eigenvalue weighted by Gasteiger charge is -2.12. The van der Waals surface area contributed by atoms with E-state index in [0.29, 0.717) is 0 Å². The fourth-order valence-corrected chi connectivity index (χ4v) is 1.91. The monoisotopic (exact) mass is 298 g/mol. The number of nitro benzene ring substituents is 1. The minimum atomic E-state index is -4.80. The molecule has 1 rings (SSSR count). The zero-order chi connectivity index (χ0) is 12.5. The topological polar surface area (TPSA) is 69.2 Å². The molecule has 0 aliphatic carbocycles. The van der Waals surface area contributed by atoms with Gasteiger partial charge in [-0.25, -0.2) is 0 Å². The summed E-state index contributed by atoms with van der Waals surface area (Å²) in [6.45, 7) is -0.137. The summed E-state index contributed by atoms with van der Waals surface area (Å²) >= 11 is 2.69. The summed E-state index contributed by atoms with van der Waals surface area (Å²) < 4.78 is 37.5. The van der Waals surface area contributed by atoms with Gasteiger partial charge in [0.05, 0.1) is 4.92 Å². The van der Waals surface area contributed by atoms with Gasteiger partial charge in [0.15, 0.2) is 0 Å². The highest BCUT2D eigenvalue weighted by Gasteiger charge is 2.41. The summed E-state index contributed by atoms with van der Waals surface area (Å²) in [6, 6.07) is 1.99. The number of nitro groups is 1. The molecule has 0 aromatic heterocycles. The first-order valence-corrected chi connectivity index (χ1v) is 4.81. The summed E-state index contributed by atoms with van der Waals surface area (Å²) in [4.78, 5) is 9.40. The fourth-order valence-electron chi connectivity index (χ4n) is 1.19. The van der Waals surface area contributed by atoms with Crippen LogP contribution in [0.3, 0.4) is 0 Å². The summed E-state index contributed by atoms with van der Waals surface area (Å²) in [7, 11) is 0. The van der Waals surface area contributed by atoms with Gasteiger partial charge in [-0.05, 0) is 27.6 Å². The third-order valence-electron chi connectivity index (χ3n) is 1.90. The van der Waals surface area contributed by atoms with Crippen molar-refractivity contribution in [3.63, 3.8) is 0 Å². The van der Waals surface area contributed by atoms with Crippen molar-refractivity contribution in [3.8, 4) is 0 Å². The van der Waals surface area contributed by atoms with E-state index in [9.17, 15) is 23.3 Å². The van der Waals surface area contributed by atoms with Gasteiger partial charge >= 0.3 is 6.18 Å². The zero-order valence-corrected chi connectivity index (χ0v) is 9.30. The van der Waals surface area contributed by atoms with Gasteiger partial charge < -0.3 is 5.73 Å². The van der Waals surface area contributed by atoms with Crippen molar-refractivity contribution in [2.24, 2.45) is 5.73 Å². The van der Waals surface area contributed by atoms with Gasteiger partial charge in [0.2, 0.25) is 0 Å². The summed E-state index contributed by atoms with van der Waals surface area (Å²) in [5, 5.41) is 10.5. The van der Waals surface area contributed by atoms with Crippen LogP contribution in [0.1, 0.15) is 11.1 Å². The molecule has 4 nitrogen and oxygen atoms in total. The Morgan fingerprint density at radius 1 is 1.44 bits per heavy atom. The second kappa shape index (κ2) is 4.38. The van der Waals surface area contributed by atoms with Crippen LogP contribution in [0.2, 0.25) is 0 Å². The maximum absolute atomic E-state index is 12.6. The molecule has 16 heavy (non-hydrogen) atoms. The van der Waals surface area contributed by atoms with Crippen molar-refractivity contribution in [1.29, 1.82) is 0 Å². The lowest BCUT2D eigenvalue weighted by atomic mass is 10.1. The third-order valence-corrected chi connectivity index (χ3v) is 2.81. The summed E-state index contributed by atoms with van der Waals surface area (Å²) in [6.07, 6.45) is -4.80. The van der Waals surface area contributed by atoms with Crippen LogP contribution in [0.15, 0.2) is 16.6 Å². The van der Waals surface area contributed by atoms with Crippen LogP contribution in [0.5, 0.6) is 0 Å². The minimum Gasteiger partial charge on any atom is -0.326 e. The average Bonchev–Trinajstić information content (AvgIpc) is 2.14. The smallest absolute Gasteiger partial charge is 0.326 e. The largest absolute Gasteiger partial charge is 0.424 e. The number of halogens is 4. The van der Waals surface area contributed by atoms with Crippen molar-refractivity contribution in [3.05, 3.63) is 37.8 Å². The quantitative estimate of drug-likeness (QED) is 0.674. The van der Waals surface area contributed by atoms with Gasteiger partial charge in [0.25, 0.3) is 5.69 Å². The van der Waals surface area contributed by atoms with Crippen molar-refractivity contribution >= 4 is 21.6 Å². The van der Waals surface area contributed by atoms with Crippen molar-refractivity contribution in [2.75, 3.05) is 0 Å². The van der Waals surface area contributed by atoms with Crippen molar-refractivity contribution in [1.82, 2.24) is 0 Å².